The van der Waals surface area contributed by atoms with Crippen molar-refractivity contribution in [2.24, 2.45) is 0 Å². The van der Waals surface area contributed by atoms with Crippen molar-refractivity contribution in [1.82, 2.24) is 0 Å². The summed E-state index contributed by atoms with van der Waals surface area (Å²) >= 11 is 9.47. The number of nitriles is 1. The Hall–Kier alpha value is -3.07. The van der Waals surface area contributed by atoms with Gasteiger partial charge < -0.3 is 10.1 Å². The van der Waals surface area contributed by atoms with Crippen LogP contribution in [0.3, 0.4) is 0 Å². The molecule has 156 valence electrons. The minimum absolute atomic E-state index is 0.0217. The van der Waals surface area contributed by atoms with Gasteiger partial charge in [-0.15, -0.1) is 0 Å². The molecule has 3 aromatic rings. The molecular weight excluding hydrogens is 476 g/mol. The van der Waals surface area contributed by atoms with Crippen LogP contribution in [0.1, 0.15) is 22.3 Å². The highest BCUT2D eigenvalue weighted by atomic mass is 79.9. The molecule has 0 aliphatic rings. The Morgan fingerprint density at radius 1 is 1.16 bits per heavy atom. The molecule has 4 nitrogen and oxygen atoms in total. The third-order valence-electron chi connectivity index (χ3n) is 4.56. The number of hydrogen-bond acceptors (Lipinski definition) is 3. The Bertz CT molecular complexity index is 1200. The Balaban J connectivity index is 1.85. The Morgan fingerprint density at radius 3 is 2.71 bits per heavy atom. The first kappa shape index (κ1) is 22.6. The van der Waals surface area contributed by atoms with Crippen molar-refractivity contribution in [3.05, 3.63) is 98.0 Å². The monoisotopic (exact) mass is 494 g/mol. The van der Waals surface area contributed by atoms with E-state index in [0.717, 1.165) is 21.2 Å². The summed E-state index contributed by atoms with van der Waals surface area (Å²) in [6, 6.07) is 20.6. The average Bonchev–Trinajstić information content (AvgIpc) is 2.74. The number of ether oxygens (including phenoxy) is 1. The summed E-state index contributed by atoms with van der Waals surface area (Å²) in [5, 5.41) is 13.1. The van der Waals surface area contributed by atoms with E-state index in [9.17, 15) is 10.1 Å². The molecule has 3 rings (SSSR count). The van der Waals surface area contributed by atoms with Gasteiger partial charge in [-0.05, 0) is 73.0 Å². The van der Waals surface area contributed by atoms with Gasteiger partial charge >= 0.3 is 0 Å². The molecule has 0 saturated heterocycles. The fourth-order valence-electron chi connectivity index (χ4n) is 2.92. The summed E-state index contributed by atoms with van der Waals surface area (Å²) in [5.74, 6) is 0.0763. The summed E-state index contributed by atoms with van der Waals surface area (Å²) in [6.45, 7) is 4.15. The lowest BCUT2D eigenvalue weighted by Gasteiger charge is -2.12. The fraction of sp³-hybridized carbons (Fsp3) is 0.120. The van der Waals surface area contributed by atoms with E-state index in [-0.39, 0.29) is 5.57 Å². The van der Waals surface area contributed by atoms with Crippen LogP contribution in [0.15, 0.2) is 70.7 Å². The highest BCUT2D eigenvalue weighted by Crippen LogP contribution is 2.27. The third kappa shape index (κ3) is 6.21. The van der Waals surface area contributed by atoms with Gasteiger partial charge in [-0.1, -0.05) is 51.8 Å². The third-order valence-corrected chi connectivity index (χ3v) is 5.29. The number of benzene rings is 3. The van der Waals surface area contributed by atoms with Crippen LogP contribution in [-0.2, 0) is 11.4 Å². The van der Waals surface area contributed by atoms with E-state index in [2.05, 4.69) is 21.2 Å². The van der Waals surface area contributed by atoms with Gasteiger partial charge in [0.25, 0.3) is 5.91 Å². The van der Waals surface area contributed by atoms with Crippen LogP contribution in [0.5, 0.6) is 5.75 Å². The predicted molar refractivity (Wildman–Crippen MR) is 128 cm³/mol. The maximum atomic E-state index is 12.8. The Morgan fingerprint density at radius 2 is 1.97 bits per heavy atom. The molecule has 0 atom stereocenters. The first-order chi connectivity index (χ1) is 14.9. The van der Waals surface area contributed by atoms with Crippen LogP contribution in [0.2, 0.25) is 5.02 Å². The standard InChI is InChI=1S/C25H20BrClN2O2/c1-16-6-7-17(2)23(10-16)29-25(30)20(14-28)12-19-13-21(26)8-9-24(19)31-15-18-4-3-5-22(27)11-18/h3-13H,15H2,1-2H3,(H,29,30)/b20-12+. The fourth-order valence-corrected chi connectivity index (χ4v) is 3.51. The van der Waals surface area contributed by atoms with E-state index in [0.29, 0.717) is 28.6 Å². The Labute approximate surface area is 195 Å². The van der Waals surface area contributed by atoms with Crippen LogP contribution >= 0.6 is 27.5 Å². The molecule has 0 bridgehead atoms. The summed E-state index contributed by atoms with van der Waals surface area (Å²) < 4.78 is 6.75. The minimum Gasteiger partial charge on any atom is -0.488 e. The molecule has 0 aliphatic carbocycles. The molecule has 0 radical (unpaired) electrons. The second kappa shape index (κ2) is 10.3. The molecule has 0 unspecified atom stereocenters. The Kier molecular flexibility index (Phi) is 7.51. The molecule has 0 spiro atoms. The molecule has 0 heterocycles. The van der Waals surface area contributed by atoms with Gasteiger partial charge in [-0.25, -0.2) is 0 Å². The number of anilines is 1. The van der Waals surface area contributed by atoms with E-state index in [1.54, 1.807) is 18.2 Å². The van der Waals surface area contributed by atoms with Gasteiger partial charge in [0, 0.05) is 20.7 Å². The van der Waals surface area contributed by atoms with Crippen LogP contribution < -0.4 is 10.1 Å². The largest absolute Gasteiger partial charge is 0.488 e. The van der Waals surface area contributed by atoms with Crippen molar-refractivity contribution in [2.75, 3.05) is 5.32 Å². The first-order valence-electron chi connectivity index (χ1n) is 9.53. The molecule has 1 amide bonds. The van der Waals surface area contributed by atoms with E-state index >= 15 is 0 Å². The molecule has 0 aromatic heterocycles. The van der Waals surface area contributed by atoms with Crippen molar-refractivity contribution in [2.45, 2.75) is 20.5 Å². The van der Waals surface area contributed by atoms with Gasteiger partial charge in [0.2, 0.25) is 0 Å². The minimum atomic E-state index is -0.475. The maximum Gasteiger partial charge on any atom is 0.266 e. The molecule has 3 aromatic carbocycles. The normalized spacial score (nSPS) is 11.0. The number of amides is 1. The zero-order valence-electron chi connectivity index (χ0n) is 17.1. The number of nitrogens with zero attached hydrogens (tertiary/aromatic N) is 1. The highest BCUT2D eigenvalue weighted by Gasteiger charge is 2.13. The quantitative estimate of drug-likeness (QED) is 0.301. The zero-order valence-corrected chi connectivity index (χ0v) is 19.4. The van der Waals surface area contributed by atoms with Crippen LogP contribution in [0, 0.1) is 25.2 Å². The predicted octanol–water partition coefficient (Wildman–Crippen LogP) is 6.84. The van der Waals surface area contributed by atoms with Crippen molar-refractivity contribution in [3.8, 4) is 11.8 Å². The lowest BCUT2D eigenvalue weighted by molar-refractivity contribution is -0.112. The van der Waals surface area contributed by atoms with Gasteiger partial charge in [-0.3, -0.25) is 4.79 Å². The van der Waals surface area contributed by atoms with Gasteiger partial charge in [0.1, 0.15) is 24.0 Å². The molecule has 0 saturated carbocycles. The number of aryl methyl sites for hydroxylation is 2. The van der Waals surface area contributed by atoms with E-state index < -0.39 is 5.91 Å². The molecule has 0 fully saturated rings. The van der Waals surface area contributed by atoms with Crippen molar-refractivity contribution >= 4 is 45.2 Å². The van der Waals surface area contributed by atoms with Crippen molar-refractivity contribution in [1.29, 1.82) is 5.26 Å². The summed E-state index contributed by atoms with van der Waals surface area (Å²) in [7, 11) is 0. The highest BCUT2D eigenvalue weighted by molar-refractivity contribution is 9.10. The lowest BCUT2D eigenvalue weighted by atomic mass is 10.1. The van der Waals surface area contributed by atoms with Gasteiger partial charge in [-0.2, -0.15) is 5.26 Å². The number of carbonyl (C=O) groups excluding carboxylic acids is 1. The first-order valence-corrected chi connectivity index (χ1v) is 10.7. The zero-order chi connectivity index (χ0) is 22.4. The average molecular weight is 496 g/mol. The van der Waals surface area contributed by atoms with E-state index in [1.165, 1.54) is 6.08 Å². The smallest absolute Gasteiger partial charge is 0.266 e. The SMILES string of the molecule is Cc1ccc(C)c(NC(=O)/C(C#N)=C/c2cc(Br)ccc2OCc2cccc(Cl)c2)c1. The number of nitrogens with one attached hydrogen (secondary N) is 1. The lowest BCUT2D eigenvalue weighted by Crippen LogP contribution is -2.14. The van der Waals surface area contributed by atoms with E-state index in [4.69, 9.17) is 16.3 Å². The van der Waals surface area contributed by atoms with Crippen LogP contribution in [-0.4, -0.2) is 5.91 Å². The molecular formula is C25H20BrClN2O2. The summed E-state index contributed by atoms with van der Waals surface area (Å²) in [4.78, 5) is 12.8. The summed E-state index contributed by atoms with van der Waals surface area (Å²) in [5.41, 5.74) is 4.13. The van der Waals surface area contributed by atoms with Gasteiger partial charge in [0.05, 0.1) is 0 Å². The number of halogens is 2. The molecule has 0 aliphatic heterocycles. The molecule has 1 N–H and O–H groups in total. The van der Waals surface area contributed by atoms with Gasteiger partial charge in [0.15, 0.2) is 0 Å². The topological polar surface area (TPSA) is 62.1 Å². The van der Waals surface area contributed by atoms with Crippen LogP contribution in [0.4, 0.5) is 5.69 Å². The summed E-state index contributed by atoms with van der Waals surface area (Å²) in [6.07, 6.45) is 1.53. The van der Waals surface area contributed by atoms with Crippen LogP contribution in [0.25, 0.3) is 6.08 Å². The second-order valence-electron chi connectivity index (χ2n) is 7.04. The van der Waals surface area contributed by atoms with Crippen molar-refractivity contribution in [3.63, 3.8) is 0 Å². The second-order valence-corrected chi connectivity index (χ2v) is 8.40. The molecule has 6 heteroatoms. The van der Waals surface area contributed by atoms with Crippen molar-refractivity contribution < 1.29 is 9.53 Å². The van der Waals surface area contributed by atoms with E-state index in [1.807, 2.05) is 62.4 Å². The number of carbonyl (C=O) groups is 1. The number of rotatable bonds is 6. The number of hydrogen-bond donors (Lipinski definition) is 1. The molecule has 31 heavy (non-hydrogen) atoms. The maximum absolute atomic E-state index is 12.8.